The molecule has 0 aliphatic carbocycles. The van der Waals surface area contributed by atoms with Crippen LogP contribution in [0.5, 0.6) is 0 Å². The van der Waals surface area contributed by atoms with Gasteiger partial charge in [-0.15, -0.1) is 0 Å². The highest BCUT2D eigenvalue weighted by Gasteiger charge is 2.17. The summed E-state index contributed by atoms with van der Waals surface area (Å²) in [6, 6.07) is 4.05. The maximum absolute atomic E-state index is 13.0. The fourth-order valence-electron chi connectivity index (χ4n) is 1.77. The summed E-state index contributed by atoms with van der Waals surface area (Å²) in [6.07, 6.45) is 0.149. The van der Waals surface area contributed by atoms with Crippen molar-refractivity contribution < 1.29 is 18.7 Å². The Morgan fingerprint density at radius 3 is 2.58 bits per heavy atom. The molecule has 1 aromatic rings. The maximum Gasteiger partial charge on any atom is 0.307 e. The van der Waals surface area contributed by atoms with Gasteiger partial charge < -0.3 is 9.64 Å². The van der Waals surface area contributed by atoms with Gasteiger partial charge in [-0.05, 0) is 37.6 Å². The predicted octanol–water partition coefficient (Wildman–Crippen LogP) is 2.16. The third-order valence-electron chi connectivity index (χ3n) is 2.90. The lowest BCUT2D eigenvalue weighted by Crippen LogP contribution is -2.33. The number of aryl methyl sites for hydroxylation is 1. The Balaban J connectivity index is 2.80. The van der Waals surface area contributed by atoms with E-state index in [2.05, 4.69) is 4.74 Å². The number of carbonyl (C=O) groups is 2. The molecule has 0 N–H and O–H groups in total. The average molecular weight is 267 g/mol. The van der Waals surface area contributed by atoms with Crippen LogP contribution in [0.3, 0.4) is 0 Å². The maximum atomic E-state index is 13.0. The van der Waals surface area contributed by atoms with E-state index < -0.39 is 0 Å². The normalized spacial score (nSPS) is 10.1. The lowest BCUT2D eigenvalue weighted by molar-refractivity contribution is -0.140. The summed E-state index contributed by atoms with van der Waals surface area (Å²) in [5.74, 6) is -0.933. The lowest BCUT2D eigenvalue weighted by atomic mass is 10.1. The molecule has 0 unspecified atom stereocenters. The van der Waals surface area contributed by atoms with Crippen LogP contribution in [-0.2, 0) is 9.53 Å². The van der Waals surface area contributed by atoms with Crippen molar-refractivity contribution in [3.05, 3.63) is 35.1 Å². The van der Waals surface area contributed by atoms with Gasteiger partial charge in [0.25, 0.3) is 5.91 Å². The Bertz CT molecular complexity index is 474. The third kappa shape index (κ3) is 4.05. The molecule has 19 heavy (non-hydrogen) atoms. The number of amides is 1. The number of rotatable bonds is 5. The number of nitrogens with zero attached hydrogens (tertiary/aromatic N) is 1. The number of hydrogen-bond acceptors (Lipinski definition) is 3. The van der Waals surface area contributed by atoms with Crippen molar-refractivity contribution in [1.82, 2.24) is 4.90 Å². The number of methoxy groups -OCH3 is 1. The second-order valence-electron chi connectivity index (χ2n) is 4.17. The largest absolute Gasteiger partial charge is 0.469 e. The standard InChI is InChI=1S/C14H18FNO3/c1-4-16(8-7-13(17)19-3)14(18)12-6-5-11(15)9-10(12)2/h5-6,9H,4,7-8H2,1-3H3. The van der Waals surface area contributed by atoms with Gasteiger partial charge in [0.1, 0.15) is 5.82 Å². The first-order valence-electron chi connectivity index (χ1n) is 6.11. The van der Waals surface area contributed by atoms with E-state index >= 15 is 0 Å². The molecule has 0 aliphatic heterocycles. The van der Waals surface area contributed by atoms with Gasteiger partial charge in [-0.25, -0.2) is 4.39 Å². The first-order chi connectivity index (χ1) is 8.99. The van der Waals surface area contributed by atoms with Crippen molar-refractivity contribution in [3.63, 3.8) is 0 Å². The van der Waals surface area contributed by atoms with E-state index in [9.17, 15) is 14.0 Å². The van der Waals surface area contributed by atoms with Crippen LogP contribution < -0.4 is 0 Å². The summed E-state index contributed by atoms with van der Waals surface area (Å²) in [5.41, 5.74) is 1.04. The van der Waals surface area contributed by atoms with Crippen LogP contribution in [0.4, 0.5) is 4.39 Å². The van der Waals surface area contributed by atoms with Gasteiger partial charge in [-0.1, -0.05) is 0 Å². The zero-order valence-corrected chi connectivity index (χ0v) is 11.4. The Labute approximate surface area is 112 Å². The number of benzene rings is 1. The van der Waals surface area contributed by atoms with Crippen LogP contribution in [0.1, 0.15) is 29.3 Å². The van der Waals surface area contributed by atoms with E-state index in [1.807, 2.05) is 6.92 Å². The zero-order chi connectivity index (χ0) is 14.4. The molecule has 1 aromatic carbocycles. The molecule has 0 aromatic heterocycles. The van der Waals surface area contributed by atoms with Gasteiger partial charge >= 0.3 is 5.97 Å². The molecule has 5 heteroatoms. The number of carbonyl (C=O) groups excluding carboxylic acids is 2. The van der Waals surface area contributed by atoms with Crippen molar-refractivity contribution in [1.29, 1.82) is 0 Å². The van der Waals surface area contributed by atoms with Crippen LogP contribution in [-0.4, -0.2) is 37.0 Å². The second kappa shape index (κ2) is 6.87. The number of esters is 1. The Kier molecular flexibility index (Phi) is 5.48. The summed E-state index contributed by atoms with van der Waals surface area (Å²) in [5, 5.41) is 0. The van der Waals surface area contributed by atoms with Crippen molar-refractivity contribution in [3.8, 4) is 0 Å². The van der Waals surface area contributed by atoms with Crippen LogP contribution in [0.25, 0.3) is 0 Å². The van der Waals surface area contributed by atoms with E-state index in [0.29, 0.717) is 24.2 Å². The molecule has 1 amide bonds. The summed E-state index contributed by atoms with van der Waals surface area (Å²) in [6.45, 7) is 4.28. The molecule has 4 nitrogen and oxygen atoms in total. The van der Waals surface area contributed by atoms with E-state index in [-0.39, 0.29) is 24.1 Å². The SMILES string of the molecule is CCN(CCC(=O)OC)C(=O)c1ccc(F)cc1C. The van der Waals surface area contributed by atoms with E-state index in [4.69, 9.17) is 0 Å². The molecule has 0 bridgehead atoms. The quantitative estimate of drug-likeness (QED) is 0.768. The second-order valence-corrected chi connectivity index (χ2v) is 4.17. The first-order valence-corrected chi connectivity index (χ1v) is 6.11. The zero-order valence-electron chi connectivity index (χ0n) is 11.4. The van der Waals surface area contributed by atoms with Gasteiger partial charge in [0, 0.05) is 18.7 Å². The third-order valence-corrected chi connectivity index (χ3v) is 2.90. The number of halogens is 1. The highest BCUT2D eigenvalue weighted by atomic mass is 19.1. The van der Waals surface area contributed by atoms with Gasteiger partial charge in [0.2, 0.25) is 0 Å². The summed E-state index contributed by atoms with van der Waals surface area (Å²) in [4.78, 5) is 24.9. The molecular weight excluding hydrogens is 249 g/mol. The van der Waals surface area contributed by atoms with E-state index in [1.54, 1.807) is 6.92 Å². The molecule has 0 saturated heterocycles. The van der Waals surface area contributed by atoms with Crippen molar-refractivity contribution >= 4 is 11.9 Å². The summed E-state index contributed by atoms with van der Waals surface area (Å²) in [7, 11) is 1.31. The Hall–Kier alpha value is -1.91. The minimum atomic E-state index is -0.369. The molecule has 0 atom stereocenters. The molecule has 0 spiro atoms. The number of ether oxygens (including phenoxy) is 1. The van der Waals surface area contributed by atoms with E-state index in [1.165, 1.54) is 30.2 Å². The van der Waals surface area contributed by atoms with Gasteiger partial charge in [-0.2, -0.15) is 0 Å². The lowest BCUT2D eigenvalue weighted by Gasteiger charge is -2.21. The average Bonchev–Trinajstić information content (AvgIpc) is 2.38. The van der Waals surface area contributed by atoms with Gasteiger partial charge in [0.05, 0.1) is 13.5 Å². The monoisotopic (exact) mass is 267 g/mol. The smallest absolute Gasteiger partial charge is 0.307 e. The fourth-order valence-corrected chi connectivity index (χ4v) is 1.77. The molecule has 0 radical (unpaired) electrons. The highest BCUT2D eigenvalue weighted by molar-refractivity contribution is 5.95. The number of hydrogen-bond donors (Lipinski definition) is 0. The topological polar surface area (TPSA) is 46.6 Å². The van der Waals surface area contributed by atoms with Crippen molar-refractivity contribution in [2.45, 2.75) is 20.3 Å². The van der Waals surface area contributed by atoms with Gasteiger partial charge in [-0.3, -0.25) is 9.59 Å². The fraction of sp³-hybridized carbons (Fsp3) is 0.429. The molecule has 0 fully saturated rings. The molecular formula is C14H18FNO3. The molecule has 1 rings (SSSR count). The predicted molar refractivity (Wildman–Crippen MR) is 69.3 cm³/mol. The summed E-state index contributed by atoms with van der Waals surface area (Å²) < 4.78 is 17.6. The van der Waals surface area contributed by atoms with Crippen LogP contribution in [0.2, 0.25) is 0 Å². The first kappa shape index (κ1) is 15.1. The van der Waals surface area contributed by atoms with Crippen molar-refractivity contribution in [2.75, 3.05) is 20.2 Å². The van der Waals surface area contributed by atoms with E-state index in [0.717, 1.165) is 0 Å². The molecule has 0 heterocycles. The van der Waals surface area contributed by atoms with Crippen LogP contribution in [0.15, 0.2) is 18.2 Å². The highest BCUT2D eigenvalue weighted by Crippen LogP contribution is 2.13. The minimum Gasteiger partial charge on any atom is -0.469 e. The van der Waals surface area contributed by atoms with Crippen molar-refractivity contribution in [2.24, 2.45) is 0 Å². The Morgan fingerprint density at radius 1 is 1.37 bits per heavy atom. The molecule has 0 saturated carbocycles. The van der Waals surface area contributed by atoms with Crippen LogP contribution in [0, 0.1) is 12.7 Å². The minimum absolute atomic E-state index is 0.149. The Morgan fingerprint density at radius 2 is 2.05 bits per heavy atom. The summed E-state index contributed by atoms with van der Waals surface area (Å²) >= 11 is 0. The van der Waals surface area contributed by atoms with Crippen LogP contribution >= 0.6 is 0 Å². The van der Waals surface area contributed by atoms with Gasteiger partial charge in [0.15, 0.2) is 0 Å². The molecule has 104 valence electrons. The molecule has 0 aliphatic rings.